The molecule has 4 heteroatoms. The summed E-state index contributed by atoms with van der Waals surface area (Å²) in [7, 11) is 0. The van der Waals surface area contributed by atoms with Crippen LogP contribution in [-0.2, 0) is 10.3 Å². The van der Waals surface area contributed by atoms with Gasteiger partial charge >= 0.3 is 5.97 Å². The maximum atomic E-state index is 12.1. The average Bonchev–Trinajstić information content (AvgIpc) is 2.96. The summed E-state index contributed by atoms with van der Waals surface area (Å²) in [6, 6.07) is 2.12. The number of carbonyl (C=O) groups excluding carboxylic acids is 1. The van der Waals surface area contributed by atoms with Crippen LogP contribution in [0.5, 0.6) is 0 Å². The van der Waals surface area contributed by atoms with Crippen molar-refractivity contribution in [3.05, 3.63) is 33.7 Å². The first-order chi connectivity index (χ1) is 7.50. The van der Waals surface area contributed by atoms with Gasteiger partial charge in [-0.05, 0) is 32.8 Å². The van der Waals surface area contributed by atoms with Crippen LogP contribution in [0.1, 0.15) is 48.7 Å². The molecule has 0 N–H and O–H groups in total. The number of fused-ring (bicyclic) bond motifs is 1. The highest BCUT2D eigenvalue weighted by Gasteiger charge is 2.41. The Hall–Kier alpha value is -1.58. The number of ether oxygens (including phenoxy) is 1. The van der Waals surface area contributed by atoms with E-state index in [9.17, 15) is 9.59 Å². The van der Waals surface area contributed by atoms with Crippen LogP contribution in [0.15, 0.2) is 17.1 Å². The molecule has 0 amide bonds. The topological polar surface area (TPSA) is 48.3 Å². The number of nitrogens with zero attached hydrogens (tertiary/aromatic N) is 1. The molecule has 1 fully saturated rings. The zero-order valence-electron chi connectivity index (χ0n) is 9.32. The lowest BCUT2D eigenvalue weighted by atomic mass is 9.98. The third-order valence-corrected chi connectivity index (χ3v) is 3.26. The van der Waals surface area contributed by atoms with E-state index in [1.165, 1.54) is 0 Å². The maximum absolute atomic E-state index is 12.1. The summed E-state index contributed by atoms with van der Waals surface area (Å²) in [5.41, 5.74) is 0.0585. The molecule has 0 atom stereocenters. The molecule has 1 aromatic heterocycles. The Balaban J connectivity index is 2.26. The van der Waals surface area contributed by atoms with E-state index in [-0.39, 0.29) is 17.2 Å². The summed E-state index contributed by atoms with van der Waals surface area (Å²) in [6.45, 7) is 3.61. The molecule has 0 unspecified atom stereocenters. The Kier molecular flexibility index (Phi) is 1.66. The molecule has 4 nitrogen and oxygen atoms in total. The van der Waals surface area contributed by atoms with Crippen LogP contribution in [-0.4, -0.2) is 10.5 Å². The predicted octanol–water partition coefficient (Wildman–Crippen LogP) is 1.59. The van der Waals surface area contributed by atoms with Gasteiger partial charge in [0.1, 0.15) is 11.2 Å². The van der Waals surface area contributed by atoms with Crippen LogP contribution in [0.3, 0.4) is 0 Å². The normalized spacial score (nSPS) is 21.8. The summed E-state index contributed by atoms with van der Waals surface area (Å²) >= 11 is 0. The van der Waals surface area contributed by atoms with E-state index in [2.05, 4.69) is 0 Å². The summed E-state index contributed by atoms with van der Waals surface area (Å²) < 4.78 is 6.86. The van der Waals surface area contributed by atoms with Crippen LogP contribution >= 0.6 is 0 Å². The predicted molar refractivity (Wildman–Crippen MR) is 57.4 cm³/mol. The highest BCUT2D eigenvalue weighted by molar-refractivity contribution is 5.94. The fourth-order valence-corrected chi connectivity index (χ4v) is 2.23. The summed E-state index contributed by atoms with van der Waals surface area (Å²) in [5, 5.41) is 0. The van der Waals surface area contributed by atoms with Gasteiger partial charge in [-0.3, -0.25) is 4.79 Å². The first kappa shape index (κ1) is 9.63. The van der Waals surface area contributed by atoms with E-state index >= 15 is 0 Å². The molecule has 3 rings (SSSR count). The van der Waals surface area contributed by atoms with E-state index in [4.69, 9.17) is 4.74 Å². The molecule has 0 bridgehead atoms. The van der Waals surface area contributed by atoms with Crippen LogP contribution in [0, 0.1) is 0 Å². The second kappa shape index (κ2) is 2.75. The number of hydrogen-bond donors (Lipinski definition) is 0. The lowest BCUT2D eigenvalue weighted by molar-refractivity contribution is 0.00950. The first-order valence-electron chi connectivity index (χ1n) is 5.50. The van der Waals surface area contributed by atoms with E-state index in [0.717, 1.165) is 12.8 Å². The smallest absolute Gasteiger partial charge is 0.345 e. The molecule has 0 spiro atoms. The van der Waals surface area contributed by atoms with Gasteiger partial charge in [-0.25, -0.2) is 4.79 Å². The maximum Gasteiger partial charge on any atom is 0.345 e. The lowest BCUT2D eigenvalue weighted by Crippen LogP contribution is -2.25. The first-order valence-corrected chi connectivity index (χ1v) is 5.50. The van der Waals surface area contributed by atoms with Gasteiger partial charge in [0.25, 0.3) is 5.56 Å². The van der Waals surface area contributed by atoms with Gasteiger partial charge in [0.05, 0.1) is 0 Å². The minimum absolute atomic E-state index is 0.199. The Bertz CT molecular complexity index is 538. The molecule has 2 aliphatic rings. The summed E-state index contributed by atoms with van der Waals surface area (Å²) in [6.07, 6.45) is 3.83. The molecule has 0 radical (unpaired) electrons. The van der Waals surface area contributed by atoms with Crippen molar-refractivity contribution >= 4 is 5.97 Å². The van der Waals surface area contributed by atoms with Gasteiger partial charge in [-0.15, -0.1) is 0 Å². The largest absolute Gasteiger partial charge is 0.451 e. The number of esters is 1. The van der Waals surface area contributed by atoms with Crippen molar-refractivity contribution in [3.63, 3.8) is 0 Å². The van der Waals surface area contributed by atoms with E-state index in [0.29, 0.717) is 5.56 Å². The molecular weight excluding hydrogens is 206 g/mol. The van der Waals surface area contributed by atoms with Gasteiger partial charge in [0.2, 0.25) is 0 Å². The molecule has 84 valence electrons. The molecule has 1 aliphatic carbocycles. The van der Waals surface area contributed by atoms with Crippen molar-refractivity contribution in [2.45, 2.75) is 38.3 Å². The van der Waals surface area contributed by atoms with Crippen LogP contribution in [0.4, 0.5) is 0 Å². The van der Waals surface area contributed by atoms with E-state index < -0.39 is 11.6 Å². The van der Waals surface area contributed by atoms with Crippen molar-refractivity contribution < 1.29 is 9.53 Å². The Labute approximate surface area is 92.8 Å². The number of pyridine rings is 1. The van der Waals surface area contributed by atoms with Crippen molar-refractivity contribution in [2.24, 2.45) is 0 Å². The molecule has 0 aromatic carbocycles. The van der Waals surface area contributed by atoms with E-state index in [1.807, 2.05) is 6.07 Å². The molecule has 16 heavy (non-hydrogen) atoms. The van der Waals surface area contributed by atoms with E-state index in [1.54, 1.807) is 24.6 Å². The highest BCUT2D eigenvalue weighted by Crippen LogP contribution is 2.37. The molecule has 2 heterocycles. The van der Waals surface area contributed by atoms with Gasteiger partial charge in [0, 0.05) is 17.8 Å². The van der Waals surface area contributed by atoms with Crippen molar-refractivity contribution in [1.82, 2.24) is 4.57 Å². The average molecular weight is 219 g/mol. The third kappa shape index (κ3) is 1.16. The third-order valence-electron chi connectivity index (χ3n) is 3.26. The summed E-state index contributed by atoms with van der Waals surface area (Å²) in [4.78, 5) is 23.8. The minimum atomic E-state index is -0.672. The van der Waals surface area contributed by atoms with Crippen molar-refractivity contribution in [2.75, 3.05) is 0 Å². The zero-order chi connectivity index (χ0) is 11.5. The van der Waals surface area contributed by atoms with Crippen LogP contribution < -0.4 is 5.56 Å². The van der Waals surface area contributed by atoms with Crippen molar-refractivity contribution in [3.8, 4) is 0 Å². The number of carbonyl (C=O) groups is 1. The second-order valence-electron chi connectivity index (χ2n) is 4.95. The monoisotopic (exact) mass is 219 g/mol. The molecule has 1 aliphatic heterocycles. The Morgan fingerprint density at radius 2 is 2.06 bits per heavy atom. The number of aromatic nitrogens is 1. The molecule has 1 saturated carbocycles. The number of rotatable bonds is 1. The zero-order valence-corrected chi connectivity index (χ0v) is 9.32. The molecular formula is C12H13NO3. The van der Waals surface area contributed by atoms with Gasteiger partial charge in [-0.2, -0.15) is 0 Å². The Morgan fingerprint density at radius 3 is 2.69 bits per heavy atom. The number of hydrogen-bond acceptors (Lipinski definition) is 3. The molecule has 1 aromatic rings. The quantitative estimate of drug-likeness (QED) is 0.674. The fraction of sp³-hybridized carbons (Fsp3) is 0.500. The fourth-order valence-electron chi connectivity index (χ4n) is 2.23. The second-order valence-corrected chi connectivity index (χ2v) is 4.95. The van der Waals surface area contributed by atoms with Gasteiger partial charge < -0.3 is 9.30 Å². The lowest BCUT2D eigenvalue weighted by Gasteiger charge is -2.17. The minimum Gasteiger partial charge on any atom is -0.451 e. The molecule has 0 saturated heterocycles. The van der Waals surface area contributed by atoms with Crippen LogP contribution in [0.25, 0.3) is 0 Å². The van der Waals surface area contributed by atoms with Crippen molar-refractivity contribution in [1.29, 1.82) is 0 Å². The van der Waals surface area contributed by atoms with Crippen LogP contribution in [0.2, 0.25) is 0 Å². The van der Waals surface area contributed by atoms with Gasteiger partial charge in [0.15, 0.2) is 0 Å². The SMILES string of the molecule is CC1(C)OC(=O)c2c1ccn(C1CC1)c2=O. The Morgan fingerprint density at radius 1 is 1.38 bits per heavy atom. The highest BCUT2D eigenvalue weighted by atomic mass is 16.6. The van der Waals surface area contributed by atoms with Gasteiger partial charge in [-0.1, -0.05) is 0 Å². The standard InChI is InChI=1S/C12H13NO3/c1-12(2)8-5-6-13(7-3-4-7)10(14)9(8)11(15)16-12/h5-7H,3-4H2,1-2H3. The summed E-state index contributed by atoms with van der Waals surface area (Å²) in [5.74, 6) is -0.486. The number of cyclic esters (lactones) is 1.